The van der Waals surface area contributed by atoms with E-state index in [1.54, 1.807) is 24.2 Å². The number of rotatable bonds is 13. The number of fused-ring (bicyclic) bond motifs is 1. The topological polar surface area (TPSA) is 175 Å². The normalized spacial score (nSPS) is 17.2. The molecular formula is C48H53BrFN12O4P. The number of likely N-dealkylation sites (tertiary alicyclic amines) is 1. The zero-order chi connectivity index (χ0) is 46.8. The lowest BCUT2D eigenvalue weighted by atomic mass is 9.92. The van der Waals surface area contributed by atoms with E-state index >= 15 is 4.39 Å². The van der Waals surface area contributed by atoms with Gasteiger partial charge in [0.25, 0.3) is 0 Å². The molecule has 0 radical (unpaired) electrons. The maximum Gasteiger partial charge on any atom is 0.249 e. The molecule has 6 aromatic rings. The number of imide groups is 1. The number of hydrogen-bond acceptors (Lipinski definition) is 13. The van der Waals surface area contributed by atoms with Crippen LogP contribution >= 0.6 is 23.9 Å². The van der Waals surface area contributed by atoms with E-state index in [1.807, 2.05) is 36.5 Å². The number of aryl methyl sites for hydroxylation is 1. The van der Waals surface area contributed by atoms with Crippen LogP contribution < -0.4 is 36.2 Å². The number of hydrogen-bond donors (Lipinski definition) is 4. The number of carbonyl (C=O) groups excluding carboxylic acids is 3. The van der Waals surface area contributed by atoms with Gasteiger partial charge in [0.2, 0.25) is 23.7 Å². The summed E-state index contributed by atoms with van der Waals surface area (Å²) in [5, 5.41) is 20.5. The van der Waals surface area contributed by atoms with Crippen molar-refractivity contribution in [2.24, 2.45) is 7.05 Å². The minimum atomic E-state index is -0.616. The monoisotopic (exact) mass is 990 g/mol. The highest BCUT2D eigenvalue weighted by Crippen LogP contribution is 2.41. The summed E-state index contributed by atoms with van der Waals surface area (Å²) >= 11 is 3.67. The van der Waals surface area contributed by atoms with Gasteiger partial charge in [-0.3, -0.25) is 34.3 Å². The molecule has 16 nitrogen and oxygen atoms in total. The van der Waals surface area contributed by atoms with Crippen LogP contribution in [0.15, 0.2) is 83.9 Å². The van der Waals surface area contributed by atoms with Gasteiger partial charge < -0.3 is 30.5 Å². The van der Waals surface area contributed by atoms with Crippen molar-refractivity contribution in [1.82, 2.24) is 39.8 Å². The molecule has 4 N–H and O–H groups in total. The highest BCUT2D eigenvalue weighted by molar-refractivity contribution is 9.10. The summed E-state index contributed by atoms with van der Waals surface area (Å²) in [5.41, 5.74) is 5.31. The molecule has 3 amide bonds. The summed E-state index contributed by atoms with van der Waals surface area (Å²) in [6, 6.07) is 17.5. The second-order valence-electron chi connectivity index (χ2n) is 17.3. The summed E-state index contributed by atoms with van der Waals surface area (Å²) in [5.74, 6) is 0.460. The van der Waals surface area contributed by atoms with Crippen molar-refractivity contribution in [3.63, 3.8) is 0 Å². The zero-order valence-corrected chi connectivity index (χ0v) is 40.3. The predicted octanol–water partition coefficient (Wildman–Crippen LogP) is 6.93. The van der Waals surface area contributed by atoms with E-state index in [0.717, 1.165) is 27.0 Å². The lowest BCUT2D eigenvalue weighted by molar-refractivity contribution is -0.134. The smallest absolute Gasteiger partial charge is 0.249 e. The fourth-order valence-electron chi connectivity index (χ4n) is 9.20. The van der Waals surface area contributed by atoms with Crippen LogP contribution in [0, 0.1) is 5.82 Å². The SMILES string of the molecule is COc1cc(N2CCN(C(=O)CN3CCC(c4ncc(NC5CCC(=O)NC5=O)cc4F)CC3)CC2)c(-c2cnn(C)c2)cc1Nc1ncc(Br)c(Nc2ccc3ccccc3c2P(C)C)n1. The van der Waals surface area contributed by atoms with Crippen molar-refractivity contribution in [2.75, 3.05) is 87.1 Å². The Kier molecular flexibility index (Phi) is 13.7. The molecule has 3 fully saturated rings. The van der Waals surface area contributed by atoms with E-state index in [4.69, 9.17) is 9.72 Å². The fourth-order valence-corrected chi connectivity index (χ4v) is 10.8. The molecule has 9 rings (SSSR count). The molecule has 0 saturated carbocycles. The van der Waals surface area contributed by atoms with Gasteiger partial charge in [0.05, 0.1) is 47.6 Å². The Morgan fingerprint density at radius 1 is 0.940 bits per heavy atom. The molecule has 348 valence electrons. The van der Waals surface area contributed by atoms with Crippen molar-refractivity contribution >= 4 is 92.2 Å². The van der Waals surface area contributed by atoms with Crippen LogP contribution in [0.4, 0.5) is 38.9 Å². The molecule has 67 heavy (non-hydrogen) atoms. The lowest BCUT2D eigenvalue weighted by Crippen LogP contribution is -2.52. The number of piperazine rings is 1. The van der Waals surface area contributed by atoms with Crippen molar-refractivity contribution < 1.29 is 23.5 Å². The van der Waals surface area contributed by atoms with Gasteiger partial charge >= 0.3 is 0 Å². The third kappa shape index (κ3) is 10.2. The molecular weight excluding hydrogens is 938 g/mol. The molecule has 3 saturated heterocycles. The summed E-state index contributed by atoms with van der Waals surface area (Å²) < 4.78 is 23.8. The van der Waals surface area contributed by atoms with Gasteiger partial charge in [-0.1, -0.05) is 38.3 Å². The number of methoxy groups -OCH3 is 1. The van der Waals surface area contributed by atoms with E-state index in [2.05, 4.69) is 112 Å². The number of ether oxygens (including phenoxy) is 1. The molecule has 3 aromatic carbocycles. The third-order valence-electron chi connectivity index (χ3n) is 12.7. The molecule has 19 heteroatoms. The van der Waals surface area contributed by atoms with Gasteiger partial charge in [0.1, 0.15) is 23.4 Å². The molecule has 6 heterocycles. The summed E-state index contributed by atoms with van der Waals surface area (Å²) in [6.07, 6.45) is 9.01. The van der Waals surface area contributed by atoms with Crippen molar-refractivity contribution in [1.29, 1.82) is 0 Å². The molecule has 3 aromatic heterocycles. The van der Waals surface area contributed by atoms with E-state index in [-0.39, 0.29) is 24.2 Å². The van der Waals surface area contributed by atoms with Crippen LogP contribution in [-0.2, 0) is 21.4 Å². The van der Waals surface area contributed by atoms with E-state index in [0.29, 0.717) is 99.7 Å². The van der Waals surface area contributed by atoms with Crippen LogP contribution in [-0.4, -0.2) is 125 Å². The third-order valence-corrected chi connectivity index (χ3v) is 14.6. The Balaban J connectivity index is 0.842. The van der Waals surface area contributed by atoms with Crippen molar-refractivity contribution in [3.05, 3.63) is 95.4 Å². The second kappa shape index (κ2) is 19.9. The quantitative estimate of drug-likeness (QED) is 0.0694. The number of benzene rings is 3. The Morgan fingerprint density at radius 3 is 2.45 bits per heavy atom. The van der Waals surface area contributed by atoms with Crippen molar-refractivity contribution in [3.8, 4) is 16.9 Å². The largest absolute Gasteiger partial charge is 0.494 e. The zero-order valence-electron chi connectivity index (χ0n) is 37.9. The minimum Gasteiger partial charge on any atom is -0.494 e. The Bertz CT molecular complexity index is 2830. The maximum atomic E-state index is 15.3. The molecule has 1 unspecified atom stereocenters. The first-order chi connectivity index (χ1) is 32.4. The number of anilines is 6. The number of amides is 3. The van der Waals surface area contributed by atoms with Crippen molar-refractivity contribution in [2.45, 2.75) is 37.6 Å². The van der Waals surface area contributed by atoms with Gasteiger partial charge in [-0.05, 0) is 84.5 Å². The number of nitrogens with zero attached hydrogens (tertiary/aromatic N) is 8. The average Bonchev–Trinajstić information content (AvgIpc) is 3.77. The Morgan fingerprint density at radius 2 is 1.73 bits per heavy atom. The average molecular weight is 992 g/mol. The fraction of sp³-hybridized carbons (Fsp3) is 0.354. The van der Waals surface area contributed by atoms with Crippen LogP contribution in [0.1, 0.15) is 37.3 Å². The van der Waals surface area contributed by atoms with Gasteiger partial charge in [-0.15, -0.1) is 0 Å². The van der Waals surface area contributed by atoms with Gasteiger partial charge in [0.15, 0.2) is 0 Å². The summed E-state index contributed by atoms with van der Waals surface area (Å²) in [7, 11) is 3.09. The molecule has 3 aliphatic heterocycles. The second-order valence-corrected chi connectivity index (χ2v) is 20.4. The highest BCUT2D eigenvalue weighted by Gasteiger charge is 2.31. The van der Waals surface area contributed by atoms with Gasteiger partial charge in [-0.2, -0.15) is 10.1 Å². The highest BCUT2D eigenvalue weighted by atomic mass is 79.9. The molecule has 1 atom stereocenters. The molecule has 0 bridgehead atoms. The number of carbonyl (C=O) groups is 3. The maximum absolute atomic E-state index is 15.3. The Hall–Kier alpha value is -6.23. The van der Waals surface area contributed by atoms with E-state index in [1.165, 1.54) is 22.1 Å². The number of aromatic nitrogens is 5. The Labute approximate surface area is 397 Å². The molecule has 0 aliphatic carbocycles. The van der Waals surface area contributed by atoms with E-state index < -0.39 is 25.7 Å². The number of pyridine rings is 1. The first-order valence-corrected chi connectivity index (χ1v) is 25.4. The minimum absolute atomic E-state index is 0.0706. The number of piperidine rings is 2. The summed E-state index contributed by atoms with van der Waals surface area (Å²) in [4.78, 5) is 57.7. The summed E-state index contributed by atoms with van der Waals surface area (Å²) in [6.45, 7) is 8.45. The number of nitrogens with one attached hydrogen (secondary N) is 4. The van der Waals surface area contributed by atoms with Gasteiger partial charge in [-0.25, -0.2) is 9.37 Å². The number of halogens is 2. The first kappa shape index (κ1) is 45.9. The van der Waals surface area contributed by atoms with Crippen LogP contribution in [0.25, 0.3) is 21.9 Å². The van der Waals surface area contributed by atoms with Crippen LogP contribution in [0.2, 0.25) is 0 Å². The lowest BCUT2D eigenvalue weighted by Gasteiger charge is -2.38. The van der Waals surface area contributed by atoms with Gasteiger partial charge in [0, 0.05) is 97.9 Å². The first-order valence-electron chi connectivity index (χ1n) is 22.4. The van der Waals surface area contributed by atoms with Crippen LogP contribution in [0.5, 0.6) is 5.75 Å². The standard InChI is InChI=1S/C48H53BrFN12O4P/c1-59-27-31(24-53-59)34-22-39(56-48-52-26-35(49)46(58-48)55-37-10-9-29-7-5-6-8-33(29)45(37)67(3)4)41(66-2)23-40(34)61-17-19-62(20-18-61)43(64)28-60-15-13-30(14-16-60)44-36(50)21-32(25-51-44)54-38-11-12-42(63)57-47(38)65/h5-10,21-27,30,38,54H,11-20,28H2,1-4H3,(H,57,63,65)(H2,52,55,56,58). The molecule has 3 aliphatic rings. The van der Waals surface area contributed by atoms with Crippen LogP contribution in [0.3, 0.4) is 0 Å². The molecule has 0 spiro atoms. The van der Waals surface area contributed by atoms with E-state index in [9.17, 15) is 14.4 Å². The predicted molar refractivity (Wildman–Crippen MR) is 265 cm³/mol.